The van der Waals surface area contributed by atoms with Crippen molar-refractivity contribution in [3.63, 3.8) is 0 Å². The summed E-state index contributed by atoms with van der Waals surface area (Å²) in [6, 6.07) is 14.0. The zero-order valence-electron chi connectivity index (χ0n) is 17.9. The van der Waals surface area contributed by atoms with E-state index in [0.29, 0.717) is 12.1 Å². The van der Waals surface area contributed by atoms with Crippen molar-refractivity contribution >= 4 is 21.8 Å². The highest BCUT2D eigenvalue weighted by atomic mass is 32.2. The van der Waals surface area contributed by atoms with E-state index in [1.165, 1.54) is 36.2 Å². The van der Waals surface area contributed by atoms with Crippen LogP contribution >= 0.6 is 0 Å². The lowest BCUT2D eigenvalue weighted by atomic mass is 10.0. The van der Waals surface area contributed by atoms with Gasteiger partial charge in [0.15, 0.2) is 0 Å². The lowest BCUT2D eigenvalue weighted by Crippen LogP contribution is -2.52. The van der Waals surface area contributed by atoms with E-state index in [-0.39, 0.29) is 18.9 Å². The van der Waals surface area contributed by atoms with Crippen molar-refractivity contribution < 1.29 is 22.4 Å². The first-order chi connectivity index (χ1) is 14.6. The second-order valence-corrected chi connectivity index (χ2v) is 9.36. The molecule has 0 fully saturated rings. The van der Waals surface area contributed by atoms with Crippen LogP contribution in [0, 0.1) is 5.82 Å². The number of halogens is 1. The van der Waals surface area contributed by atoms with Crippen LogP contribution in [-0.4, -0.2) is 61.9 Å². The van der Waals surface area contributed by atoms with Crippen molar-refractivity contribution in [2.45, 2.75) is 25.9 Å². The van der Waals surface area contributed by atoms with Gasteiger partial charge in [-0.3, -0.25) is 9.59 Å². The molecule has 0 aromatic heterocycles. The average Bonchev–Trinajstić information content (AvgIpc) is 2.72. The SMILES string of the molecule is CCNC(=O)[C@@H](Cc1ccccc1)N(Cc1ccc(F)cc1)C(=O)CN(C)S(C)(=O)=O. The third kappa shape index (κ3) is 7.45. The predicted molar refractivity (Wildman–Crippen MR) is 117 cm³/mol. The molecule has 0 saturated carbocycles. The number of nitrogens with one attached hydrogen (secondary N) is 1. The van der Waals surface area contributed by atoms with Gasteiger partial charge in [0.05, 0.1) is 12.8 Å². The van der Waals surface area contributed by atoms with E-state index in [0.717, 1.165) is 16.1 Å². The van der Waals surface area contributed by atoms with Crippen molar-refractivity contribution in [2.75, 3.05) is 26.4 Å². The van der Waals surface area contributed by atoms with Crippen LogP contribution in [0.5, 0.6) is 0 Å². The summed E-state index contributed by atoms with van der Waals surface area (Å²) in [4.78, 5) is 27.5. The van der Waals surface area contributed by atoms with Gasteiger partial charge in [-0.1, -0.05) is 42.5 Å². The molecule has 0 saturated heterocycles. The Morgan fingerprint density at radius 3 is 2.19 bits per heavy atom. The first-order valence-electron chi connectivity index (χ1n) is 9.88. The molecule has 2 aromatic rings. The minimum atomic E-state index is -3.59. The summed E-state index contributed by atoms with van der Waals surface area (Å²) in [5.74, 6) is -1.28. The van der Waals surface area contributed by atoms with Crippen molar-refractivity contribution in [1.82, 2.24) is 14.5 Å². The maximum atomic E-state index is 13.3. The number of carbonyl (C=O) groups excluding carboxylic acids is 2. The molecular formula is C22H28FN3O4S. The molecular weight excluding hydrogens is 421 g/mol. The Hall–Kier alpha value is -2.78. The molecule has 2 rings (SSSR count). The highest BCUT2D eigenvalue weighted by molar-refractivity contribution is 7.88. The minimum Gasteiger partial charge on any atom is -0.355 e. The van der Waals surface area contributed by atoms with Crippen LogP contribution in [0.15, 0.2) is 54.6 Å². The molecule has 2 aromatic carbocycles. The maximum Gasteiger partial charge on any atom is 0.243 e. The van der Waals surface area contributed by atoms with Crippen molar-refractivity contribution in [2.24, 2.45) is 0 Å². The third-order valence-electron chi connectivity index (χ3n) is 4.81. The molecule has 31 heavy (non-hydrogen) atoms. The summed E-state index contributed by atoms with van der Waals surface area (Å²) in [6.45, 7) is 1.78. The number of nitrogens with zero attached hydrogens (tertiary/aromatic N) is 2. The summed E-state index contributed by atoms with van der Waals surface area (Å²) >= 11 is 0. The molecule has 2 amide bonds. The van der Waals surface area contributed by atoms with Crippen LogP contribution in [0.3, 0.4) is 0 Å². The Morgan fingerprint density at radius 2 is 1.65 bits per heavy atom. The van der Waals surface area contributed by atoms with Crippen molar-refractivity contribution in [1.29, 1.82) is 0 Å². The molecule has 168 valence electrons. The number of sulfonamides is 1. The number of rotatable bonds is 10. The molecule has 0 bridgehead atoms. The molecule has 0 heterocycles. The Bertz CT molecular complexity index is 982. The normalized spacial score (nSPS) is 12.4. The van der Waals surface area contributed by atoms with Gasteiger partial charge in [0.2, 0.25) is 21.8 Å². The Balaban J connectivity index is 2.41. The lowest BCUT2D eigenvalue weighted by Gasteiger charge is -2.32. The van der Waals surface area contributed by atoms with Gasteiger partial charge in [0.1, 0.15) is 11.9 Å². The molecule has 0 aliphatic carbocycles. The van der Waals surface area contributed by atoms with E-state index in [9.17, 15) is 22.4 Å². The molecule has 1 atom stereocenters. The molecule has 0 radical (unpaired) electrons. The van der Waals surface area contributed by atoms with E-state index >= 15 is 0 Å². The number of hydrogen-bond donors (Lipinski definition) is 1. The second kappa shape index (κ2) is 11.0. The Labute approximate surface area is 182 Å². The topological polar surface area (TPSA) is 86.8 Å². The summed E-state index contributed by atoms with van der Waals surface area (Å²) in [6.07, 6.45) is 1.26. The van der Waals surface area contributed by atoms with Gasteiger partial charge in [-0.05, 0) is 30.2 Å². The molecule has 0 aliphatic rings. The van der Waals surface area contributed by atoms with Crippen LogP contribution in [0.4, 0.5) is 4.39 Å². The van der Waals surface area contributed by atoms with Gasteiger partial charge >= 0.3 is 0 Å². The van der Waals surface area contributed by atoms with E-state index in [4.69, 9.17) is 0 Å². The van der Waals surface area contributed by atoms with E-state index < -0.39 is 34.3 Å². The van der Waals surface area contributed by atoms with Crippen LogP contribution in [0.2, 0.25) is 0 Å². The van der Waals surface area contributed by atoms with Crippen LogP contribution in [0.1, 0.15) is 18.1 Å². The third-order valence-corrected chi connectivity index (χ3v) is 6.07. The number of hydrogen-bond acceptors (Lipinski definition) is 4. The highest BCUT2D eigenvalue weighted by Gasteiger charge is 2.31. The summed E-state index contributed by atoms with van der Waals surface area (Å²) in [5, 5.41) is 2.75. The first-order valence-corrected chi connectivity index (χ1v) is 11.7. The second-order valence-electron chi connectivity index (χ2n) is 7.27. The highest BCUT2D eigenvalue weighted by Crippen LogP contribution is 2.16. The zero-order valence-corrected chi connectivity index (χ0v) is 18.7. The number of amides is 2. The fraction of sp³-hybridized carbons (Fsp3) is 0.364. The number of likely N-dealkylation sites (N-methyl/N-ethyl adjacent to an activating group) is 2. The number of carbonyl (C=O) groups is 2. The first kappa shape index (κ1) is 24.5. The Morgan fingerprint density at radius 1 is 1.03 bits per heavy atom. The summed E-state index contributed by atoms with van der Waals surface area (Å²) < 4.78 is 37.9. The molecule has 0 spiro atoms. The van der Waals surface area contributed by atoms with Gasteiger partial charge in [-0.15, -0.1) is 0 Å². The van der Waals surface area contributed by atoms with E-state index in [1.54, 1.807) is 6.92 Å². The smallest absolute Gasteiger partial charge is 0.243 e. The standard InChI is InChI=1S/C22H28FN3O4S/c1-4-24-22(28)20(14-17-8-6-5-7-9-17)26(15-18-10-12-19(23)13-11-18)21(27)16-25(2)31(3,29)30/h5-13,20H,4,14-16H2,1-3H3,(H,24,28)/t20-/m1/s1. The molecule has 0 aliphatic heterocycles. The van der Waals surface area contributed by atoms with Crippen LogP contribution in [0.25, 0.3) is 0 Å². The minimum absolute atomic E-state index is 0.0331. The van der Waals surface area contributed by atoms with Crippen molar-refractivity contribution in [3.8, 4) is 0 Å². The molecule has 7 nitrogen and oxygen atoms in total. The summed E-state index contributed by atoms with van der Waals surface area (Å²) in [5.41, 5.74) is 1.48. The van der Waals surface area contributed by atoms with Gasteiger partial charge in [0, 0.05) is 26.6 Å². The van der Waals surface area contributed by atoms with Gasteiger partial charge in [-0.25, -0.2) is 12.8 Å². The van der Waals surface area contributed by atoms with Gasteiger partial charge < -0.3 is 10.2 Å². The van der Waals surface area contributed by atoms with E-state index in [2.05, 4.69) is 5.32 Å². The molecule has 1 N–H and O–H groups in total. The van der Waals surface area contributed by atoms with Crippen LogP contribution in [-0.2, 0) is 32.6 Å². The van der Waals surface area contributed by atoms with Crippen LogP contribution < -0.4 is 5.32 Å². The maximum absolute atomic E-state index is 13.3. The fourth-order valence-corrected chi connectivity index (χ4v) is 3.38. The number of benzene rings is 2. The van der Waals surface area contributed by atoms with Gasteiger partial charge in [0.25, 0.3) is 0 Å². The zero-order chi connectivity index (χ0) is 23.0. The average molecular weight is 450 g/mol. The Kier molecular flexibility index (Phi) is 8.70. The lowest BCUT2D eigenvalue weighted by molar-refractivity contribution is -0.141. The summed E-state index contributed by atoms with van der Waals surface area (Å²) in [7, 11) is -2.28. The quantitative estimate of drug-likeness (QED) is 0.599. The molecule has 0 unspecified atom stereocenters. The largest absolute Gasteiger partial charge is 0.355 e. The predicted octanol–water partition coefficient (Wildman–Crippen LogP) is 1.79. The van der Waals surface area contributed by atoms with Crippen molar-refractivity contribution in [3.05, 3.63) is 71.5 Å². The molecule has 9 heteroatoms. The van der Waals surface area contributed by atoms with Gasteiger partial charge in [-0.2, -0.15) is 4.31 Å². The van der Waals surface area contributed by atoms with E-state index in [1.807, 2.05) is 30.3 Å². The fourth-order valence-electron chi connectivity index (χ4n) is 3.03. The monoisotopic (exact) mass is 449 g/mol.